The molecule has 0 radical (unpaired) electrons. The van der Waals surface area contributed by atoms with E-state index in [1.165, 1.54) is 0 Å². The lowest BCUT2D eigenvalue weighted by Gasteiger charge is -2.06. The maximum Gasteiger partial charge on any atom is 0.0597 e. The Kier molecular flexibility index (Phi) is 3.34. The molecule has 0 aliphatic carbocycles. The molecule has 0 saturated carbocycles. The van der Waals surface area contributed by atoms with Gasteiger partial charge in [0.05, 0.1) is 6.04 Å². The summed E-state index contributed by atoms with van der Waals surface area (Å²) in [5, 5.41) is 3.63. The zero-order chi connectivity index (χ0) is 9.84. The minimum absolute atomic E-state index is 0.100. The van der Waals surface area contributed by atoms with E-state index in [1.807, 2.05) is 32.0 Å². The van der Waals surface area contributed by atoms with E-state index in [0.717, 1.165) is 15.6 Å². The van der Waals surface area contributed by atoms with E-state index < -0.39 is 0 Å². The third kappa shape index (κ3) is 2.47. The highest BCUT2D eigenvalue weighted by Crippen LogP contribution is 2.22. The zero-order valence-electron chi connectivity index (χ0n) is 7.53. The van der Waals surface area contributed by atoms with Crippen molar-refractivity contribution in [3.8, 4) is 0 Å². The number of rotatable bonds is 2. The van der Waals surface area contributed by atoms with Crippen LogP contribution in [0.2, 0.25) is 0 Å². The summed E-state index contributed by atoms with van der Waals surface area (Å²) in [7, 11) is 0. The van der Waals surface area contributed by atoms with Crippen molar-refractivity contribution in [3.05, 3.63) is 44.2 Å². The fourth-order valence-corrected chi connectivity index (χ4v) is 1.32. The van der Waals surface area contributed by atoms with Crippen molar-refractivity contribution in [2.24, 2.45) is 5.11 Å². The molecule has 0 aromatic heterocycles. The van der Waals surface area contributed by atoms with Crippen molar-refractivity contribution >= 4 is 15.9 Å². The minimum atomic E-state index is -0.100. The first kappa shape index (κ1) is 10.1. The van der Waals surface area contributed by atoms with E-state index in [-0.39, 0.29) is 6.04 Å². The maximum absolute atomic E-state index is 8.27. The van der Waals surface area contributed by atoms with Gasteiger partial charge in [0, 0.05) is 9.38 Å². The number of aryl methyl sites for hydroxylation is 1. The van der Waals surface area contributed by atoms with E-state index in [2.05, 4.69) is 26.0 Å². The molecule has 0 N–H and O–H groups in total. The topological polar surface area (TPSA) is 48.8 Å². The van der Waals surface area contributed by atoms with Crippen LogP contribution in [0.4, 0.5) is 0 Å². The first-order valence-corrected chi connectivity index (χ1v) is 4.74. The van der Waals surface area contributed by atoms with Gasteiger partial charge in [0.15, 0.2) is 0 Å². The summed E-state index contributed by atoms with van der Waals surface area (Å²) in [6.07, 6.45) is 0. The highest BCUT2D eigenvalue weighted by Gasteiger charge is 2.03. The Bertz CT molecular complexity index is 356. The second kappa shape index (κ2) is 4.30. The Balaban J connectivity index is 3.03. The summed E-state index contributed by atoms with van der Waals surface area (Å²) in [5.41, 5.74) is 10.5. The third-order valence-corrected chi connectivity index (χ3v) is 2.78. The van der Waals surface area contributed by atoms with E-state index in [1.54, 1.807) is 0 Å². The molecule has 4 heteroatoms. The molecule has 0 heterocycles. The van der Waals surface area contributed by atoms with Crippen LogP contribution in [-0.2, 0) is 0 Å². The lowest BCUT2D eigenvalue weighted by molar-refractivity contribution is 0.806. The molecule has 1 rings (SSSR count). The number of azide groups is 1. The standard InChI is InChI=1S/C9H10BrN3/c1-6-5-8(3-4-9(6)10)7(2)12-13-11/h3-5,7H,1-2H3/t7-/m1/s1. The van der Waals surface area contributed by atoms with Gasteiger partial charge in [-0.25, -0.2) is 0 Å². The average Bonchev–Trinajstić information content (AvgIpc) is 2.10. The number of nitrogens with zero attached hydrogens (tertiary/aromatic N) is 3. The van der Waals surface area contributed by atoms with Crippen LogP contribution >= 0.6 is 15.9 Å². The van der Waals surface area contributed by atoms with E-state index in [9.17, 15) is 0 Å². The van der Waals surface area contributed by atoms with E-state index in [0.29, 0.717) is 0 Å². The van der Waals surface area contributed by atoms with Crippen LogP contribution in [0.25, 0.3) is 10.4 Å². The Labute approximate surface area is 85.5 Å². The molecule has 0 amide bonds. The van der Waals surface area contributed by atoms with Crippen LogP contribution < -0.4 is 0 Å². The molecule has 1 aromatic carbocycles. The zero-order valence-corrected chi connectivity index (χ0v) is 9.12. The molecule has 0 spiro atoms. The molecule has 13 heavy (non-hydrogen) atoms. The molecule has 1 atom stereocenters. The average molecular weight is 240 g/mol. The first-order chi connectivity index (χ1) is 6.15. The molecule has 0 unspecified atom stereocenters. The van der Waals surface area contributed by atoms with Gasteiger partial charge in [0.1, 0.15) is 0 Å². The molecular formula is C9H10BrN3. The van der Waals surface area contributed by atoms with Crippen LogP contribution in [-0.4, -0.2) is 0 Å². The SMILES string of the molecule is Cc1cc([C@@H](C)N=[N+]=[N-])ccc1Br. The normalized spacial score (nSPS) is 11.9. The molecule has 0 aliphatic heterocycles. The molecule has 68 valence electrons. The number of hydrogen-bond donors (Lipinski definition) is 0. The molecule has 0 fully saturated rings. The molecule has 0 bridgehead atoms. The number of halogens is 1. The Morgan fingerprint density at radius 2 is 2.23 bits per heavy atom. The predicted octanol–water partition coefficient (Wildman–Crippen LogP) is 4.13. The summed E-state index contributed by atoms with van der Waals surface area (Å²) in [6, 6.07) is 5.84. The highest BCUT2D eigenvalue weighted by atomic mass is 79.9. The Morgan fingerprint density at radius 1 is 1.54 bits per heavy atom. The van der Waals surface area contributed by atoms with Crippen LogP contribution in [0.1, 0.15) is 24.1 Å². The Hall–Kier alpha value is -0.990. The fourth-order valence-electron chi connectivity index (χ4n) is 1.07. The maximum atomic E-state index is 8.27. The van der Waals surface area contributed by atoms with Gasteiger partial charge in [-0.1, -0.05) is 40.1 Å². The van der Waals surface area contributed by atoms with Crippen LogP contribution in [0.5, 0.6) is 0 Å². The number of benzene rings is 1. The summed E-state index contributed by atoms with van der Waals surface area (Å²) < 4.78 is 1.07. The summed E-state index contributed by atoms with van der Waals surface area (Å²) in [6.45, 7) is 3.89. The number of hydrogen-bond acceptors (Lipinski definition) is 1. The van der Waals surface area contributed by atoms with Crippen LogP contribution in [0.3, 0.4) is 0 Å². The highest BCUT2D eigenvalue weighted by molar-refractivity contribution is 9.10. The Morgan fingerprint density at radius 3 is 2.77 bits per heavy atom. The quantitative estimate of drug-likeness (QED) is 0.424. The summed E-state index contributed by atoms with van der Waals surface area (Å²) >= 11 is 3.41. The van der Waals surface area contributed by atoms with Gasteiger partial charge < -0.3 is 0 Å². The van der Waals surface area contributed by atoms with Gasteiger partial charge in [0.25, 0.3) is 0 Å². The van der Waals surface area contributed by atoms with Crippen molar-refractivity contribution < 1.29 is 0 Å². The van der Waals surface area contributed by atoms with E-state index >= 15 is 0 Å². The molecule has 3 nitrogen and oxygen atoms in total. The largest absolute Gasteiger partial charge is 0.0862 e. The second-order valence-corrected chi connectivity index (χ2v) is 3.74. The van der Waals surface area contributed by atoms with Gasteiger partial charge in [0.2, 0.25) is 0 Å². The van der Waals surface area contributed by atoms with Crippen molar-refractivity contribution in [2.45, 2.75) is 19.9 Å². The lowest BCUT2D eigenvalue weighted by atomic mass is 10.1. The fraction of sp³-hybridized carbons (Fsp3) is 0.333. The van der Waals surface area contributed by atoms with Crippen LogP contribution in [0.15, 0.2) is 27.8 Å². The smallest absolute Gasteiger partial charge is 0.0597 e. The summed E-state index contributed by atoms with van der Waals surface area (Å²) in [4.78, 5) is 2.78. The van der Waals surface area contributed by atoms with Crippen molar-refractivity contribution in [1.29, 1.82) is 0 Å². The molecule has 0 saturated heterocycles. The van der Waals surface area contributed by atoms with Gasteiger partial charge in [-0.2, -0.15) is 0 Å². The van der Waals surface area contributed by atoms with Gasteiger partial charge in [-0.3, -0.25) is 0 Å². The summed E-state index contributed by atoms with van der Waals surface area (Å²) in [5.74, 6) is 0. The van der Waals surface area contributed by atoms with Crippen molar-refractivity contribution in [1.82, 2.24) is 0 Å². The van der Waals surface area contributed by atoms with Gasteiger partial charge in [-0.15, -0.1) is 0 Å². The predicted molar refractivity (Wildman–Crippen MR) is 56.4 cm³/mol. The minimum Gasteiger partial charge on any atom is -0.0862 e. The van der Waals surface area contributed by atoms with Crippen molar-refractivity contribution in [2.75, 3.05) is 0 Å². The third-order valence-electron chi connectivity index (χ3n) is 1.89. The lowest BCUT2D eigenvalue weighted by Crippen LogP contribution is -1.89. The molecular weight excluding hydrogens is 230 g/mol. The van der Waals surface area contributed by atoms with Gasteiger partial charge >= 0.3 is 0 Å². The van der Waals surface area contributed by atoms with Gasteiger partial charge in [-0.05, 0) is 29.6 Å². The molecule has 0 aliphatic rings. The van der Waals surface area contributed by atoms with E-state index in [4.69, 9.17) is 5.53 Å². The second-order valence-electron chi connectivity index (χ2n) is 2.89. The first-order valence-electron chi connectivity index (χ1n) is 3.95. The monoisotopic (exact) mass is 239 g/mol. The molecule has 1 aromatic rings. The van der Waals surface area contributed by atoms with Crippen LogP contribution in [0, 0.1) is 6.92 Å². The van der Waals surface area contributed by atoms with Crippen molar-refractivity contribution in [3.63, 3.8) is 0 Å².